The third-order valence-corrected chi connectivity index (χ3v) is 3.09. The van der Waals surface area contributed by atoms with Crippen molar-refractivity contribution < 1.29 is 9.53 Å². The fourth-order valence-corrected chi connectivity index (χ4v) is 2.30. The van der Waals surface area contributed by atoms with E-state index in [0.29, 0.717) is 10.0 Å². The Hall–Kier alpha value is -1.95. The molecular formula is C13H15N3O2S. The first-order chi connectivity index (χ1) is 8.87. The topological polar surface area (TPSA) is 78.1 Å². The Morgan fingerprint density at radius 1 is 1.42 bits per heavy atom. The lowest BCUT2D eigenvalue weighted by Crippen LogP contribution is -2.24. The first-order valence-electron chi connectivity index (χ1n) is 5.77. The van der Waals surface area contributed by atoms with Crippen molar-refractivity contribution in [1.29, 1.82) is 0 Å². The van der Waals surface area contributed by atoms with Gasteiger partial charge >= 0.3 is 5.97 Å². The summed E-state index contributed by atoms with van der Waals surface area (Å²) in [4.78, 5) is 20.9. The molecule has 0 aliphatic carbocycles. The van der Waals surface area contributed by atoms with Crippen LogP contribution in [0.5, 0.6) is 0 Å². The van der Waals surface area contributed by atoms with E-state index in [9.17, 15) is 4.79 Å². The molecule has 0 unspecified atom stereocenters. The second-order valence-electron chi connectivity index (χ2n) is 4.97. The SMILES string of the molecule is CC(C)(C)OC(=O)c1nc(N)sc1-c1cccnc1. The summed E-state index contributed by atoms with van der Waals surface area (Å²) in [5.74, 6) is -0.473. The van der Waals surface area contributed by atoms with Crippen molar-refractivity contribution in [3.8, 4) is 10.4 Å². The maximum atomic E-state index is 12.1. The maximum absolute atomic E-state index is 12.1. The molecule has 2 heterocycles. The van der Waals surface area contributed by atoms with Gasteiger partial charge in [0.1, 0.15) is 5.60 Å². The highest BCUT2D eigenvalue weighted by molar-refractivity contribution is 7.19. The molecule has 0 amide bonds. The molecule has 0 bridgehead atoms. The minimum atomic E-state index is -0.568. The number of pyridine rings is 1. The van der Waals surface area contributed by atoms with Crippen LogP contribution < -0.4 is 5.73 Å². The van der Waals surface area contributed by atoms with E-state index in [0.717, 1.165) is 5.56 Å². The predicted octanol–water partition coefficient (Wildman–Crippen LogP) is 2.74. The molecule has 100 valence electrons. The minimum Gasteiger partial charge on any atom is -0.455 e. The highest BCUT2D eigenvalue weighted by atomic mass is 32.1. The monoisotopic (exact) mass is 277 g/mol. The van der Waals surface area contributed by atoms with Crippen LogP contribution in [-0.2, 0) is 4.74 Å². The van der Waals surface area contributed by atoms with Crippen LogP contribution in [0.15, 0.2) is 24.5 Å². The summed E-state index contributed by atoms with van der Waals surface area (Å²) >= 11 is 1.25. The second kappa shape index (κ2) is 4.97. The molecule has 0 aliphatic rings. The molecular weight excluding hydrogens is 262 g/mol. The molecule has 0 saturated heterocycles. The van der Waals surface area contributed by atoms with Gasteiger partial charge in [-0.25, -0.2) is 9.78 Å². The molecule has 2 aromatic rings. The smallest absolute Gasteiger partial charge is 0.359 e. The first kappa shape index (κ1) is 13.5. The molecule has 0 saturated carbocycles. The Morgan fingerprint density at radius 2 is 2.16 bits per heavy atom. The molecule has 2 N–H and O–H groups in total. The Bertz CT molecular complexity index is 588. The van der Waals surface area contributed by atoms with Gasteiger partial charge in [0.2, 0.25) is 0 Å². The summed E-state index contributed by atoms with van der Waals surface area (Å²) in [6, 6.07) is 3.65. The van der Waals surface area contributed by atoms with E-state index in [-0.39, 0.29) is 5.69 Å². The van der Waals surface area contributed by atoms with Crippen LogP contribution in [0.4, 0.5) is 5.13 Å². The molecule has 0 spiro atoms. The van der Waals surface area contributed by atoms with Crippen LogP contribution in [0.1, 0.15) is 31.3 Å². The lowest BCUT2D eigenvalue weighted by Gasteiger charge is -2.18. The normalized spacial score (nSPS) is 11.3. The molecule has 0 aliphatic heterocycles. The number of ether oxygens (including phenoxy) is 1. The van der Waals surface area contributed by atoms with Gasteiger partial charge in [-0.2, -0.15) is 0 Å². The zero-order chi connectivity index (χ0) is 14.0. The fraction of sp³-hybridized carbons (Fsp3) is 0.308. The van der Waals surface area contributed by atoms with Crippen LogP contribution in [-0.4, -0.2) is 21.5 Å². The molecule has 0 radical (unpaired) electrons. The van der Waals surface area contributed by atoms with E-state index in [1.54, 1.807) is 18.5 Å². The van der Waals surface area contributed by atoms with Gasteiger partial charge in [0.25, 0.3) is 0 Å². The van der Waals surface area contributed by atoms with Gasteiger partial charge in [-0.3, -0.25) is 4.98 Å². The Labute approximate surface area is 115 Å². The van der Waals surface area contributed by atoms with Crippen molar-refractivity contribution in [3.63, 3.8) is 0 Å². The maximum Gasteiger partial charge on any atom is 0.359 e. The summed E-state index contributed by atoms with van der Waals surface area (Å²) in [6.45, 7) is 5.43. The standard InChI is InChI=1S/C13H15N3O2S/c1-13(2,3)18-11(17)9-10(19-12(14)16-9)8-5-4-6-15-7-8/h4-7H,1-3H3,(H2,14,16). The van der Waals surface area contributed by atoms with Crippen molar-refractivity contribution >= 4 is 22.4 Å². The van der Waals surface area contributed by atoms with Crippen LogP contribution in [0, 0.1) is 0 Å². The number of anilines is 1. The zero-order valence-electron chi connectivity index (χ0n) is 11.0. The molecule has 2 rings (SSSR count). The van der Waals surface area contributed by atoms with Gasteiger partial charge in [0.15, 0.2) is 10.8 Å². The number of thiazole rings is 1. The van der Waals surface area contributed by atoms with Crippen molar-refractivity contribution in [3.05, 3.63) is 30.2 Å². The van der Waals surface area contributed by atoms with E-state index in [2.05, 4.69) is 9.97 Å². The number of rotatable bonds is 2. The zero-order valence-corrected chi connectivity index (χ0v) is 11.8. The predicted molar refractivity (Wildman–Crippen MR) is 74.9 cm³/mol. The summed E-state index contributed by atoms with van der Waals surface area (Å²) in [5, 5.41) is 0.333. The average Bonchev–Trinajstić information content (AvgIpc) is 2.70. The number of nitrogen functional groups attached to an aromatic ring is 1. The molecule has 19 heavy (non-hydrogen) atoms. The minimum absolute atomic E-state index is 0.241. The number of nitrogens with two attached hydrogens (primary N) is 1. The highest BCUT2D eigenvalue weighted by Gasteiger charge is 2.24. The van der Waals surface area contributed by atoms with Crippen molar-refractivity contribution in [2.45, 2.75) is 26.4 Å². The van der Waals surface area contributed by atoms with Crippen molar-refractivity contribution in [2.24, 2.45) is 0 Å². The van der Waals surface area contributed by atoms with E-state index in [1.807, 2.05) is 26.8 Å². The molecule has 2 aromatic heterocycles. The molecule has 0 fully saturated rings. The van der Waals surface area contributed by atoms with Crippen LogP contribution >= 0.6 is 11.3 Å². The average molecular weight is 277 g/mol. The third kappa shape index (κ3) is 3.29. The summed E-state index contributed by atoms with van der Waals surface area (Å²) in [5.41, 5.74) is 6.17. The van der Waals surface area contributed by atoms with E-state index in [1.165, 1.54) is 11.3 Å². The molecule has 0 aromatic carbocycles. The van der Waals surface area contributed by atoms with Crippen molar-refractivity contribution in [2.75, 3.05) is 5.73 Å². The van der Waals surface area contributed by atoms with Gasteiger partial charge in [-0.1, -0.05) is 17.4 Å². The summed E-state index contributed by atoms with van der Waals surface area (Å²) < 4.78 is 5.33. The quantitative estimate of drug-likeness (QED) is 0.854. The molecule has 0 atom stereocenters. The summed E-state index contributed by atoms with van der Waals surface area (Å²) in [6.07, 6.45) is 3.34. The van der Waals surface area contributed by atoms with Crippen LogP contribution in [0.3, 0.4) is 0 Å². The van der Waals surface area contributed by atoms with Gasteiger partial charge in [0.05, 0.1) is 4.88 Å². The highest BCUT2D eigenvalue weighted by Crippen LogP contribution is 2.32. The van der Waals surface area contributed by atoms with Gasteiger partial charge in [0, 0.05) is 18.0 Å². The van der Waals surface area contributed by atoms with Gasteiger partial charge in [-0.15, -0.1) is 0 Å². The Balaban J connectivity index is 2.40. The number of hydrogen-bond donors (Lipinski definition) is 1. The van der Waals surface area contributed by atoms with Crippen molar-refractivity contribution in [1.82, 2.24) is 9.97 Å². The number of carbonyl (C=O) groups excluding carboxylic acids is 1. The fourth-order valence-electron chi connectivity index (χ4n) is 1.49. The number of aromatic nitrogens is 2. The van der Waals surface area contributed by atoms with E-state index < -0.39 is 11.6 Å². The number of esters is 1. The van der Waals surface area contributed by atoms with E-state index >= 15 is 0 Å². The number of carbonyl (C=O) groups is 1. The first-order valence-corrected chi connectivity index (χ1v) is 6.58. The lowest BCUT2D eigenvalue weighted by atomic mass is 10.2. The lowest BCUT2D eigenvalue weighted by molar-refractivity contribution is 0.00647. The summed E-state index contributed by atoms with van der Waals surface area (Å²) in [7, 11) is 0. The Kier molecular flexibility index (Phi) is 3.53. The number of hydrogen-bond acceptors (Lipinski definition) is 6. The molecule has 5 nitrogen and oxygen atoms in total. The van der Waals surface area contributed by atoms with Crippen LogP contribution in [0.25, 0.3) is 10.4 Å². The van der Waals surface area contributed by atoms with Crippen LogP contribution in [0.2, 0.25) is 0 Å². The van der Waals surface area contributed by atoms with Gasteiger partial charge < -0.3 is 10.5 Å². The number of nitrogens with zero attached hydrogens (tertiary/aromatic N) is 2. The Morgan fingerprint density at radius 3 is 2.74 bits per heavy atom. The molecule has 6 heteroatoms. The second-order valence-corrected chi connectivity index (χ2v) is 6.00. The van der Waals surface area contributed by atoms with Gasteiger partial charge in [-0.05, 0) is 26.8 Å². The van der Waals surface area contributed by atoms with E-state index in [4.69, 9.17) is 10.5 Å². The largest absolute Gasteiger partial charge is 0.455 e. The third-order valence-electron chi connectivity index (χ3n) is 2.16.